The summed E-state index contributed by atoms with van der Waals surface area (Å²) in [6, 6.07) is 0.122. The van der Waals surface area contributed by atoms with Gasteiger partial charge in [-0.25, -0.2) is 0 Å². The first-order valence-corrected chi connectivity index (χ1v) is 7.57. The second-order valence-electron chi connectivity index (χ2n) is 5.70. The number of carbonyl (C=O) groups is 1. The zero-order chi connectivity index (χ0) is 14.4. The van der Waals surface area contributed by atoms with E-state index in [-0.39, 0.29) is 24.0 Å². The van der Waals surface area contributed by atoms with E-state index in [0.717, 1.165) is 52.1 Å². The van der Waals surface area contributed by atoms with Crippen molar-refractivity contribution >= 4 is 5.91 Å². The fourth-order valence-corrected chi connectivity index (χ4v) is 3.03. The Morgan fingerprint density at radius 3 is 2.85 bits per heavy atom. The molecule has 0 aromatic heterocycles. The number of amides is 1. The smallest absolute Gasteiger partial charge is 0.225 e. The molecule has 6 nitrogen and oxygen atoms in total. The van der Waals surface area contributed by atoms with E-state index in [9.17, 15) is 4.79 Å². The van der Waals surface area contributed by atoms with E-state index in [0.29, 0.717) is 6.54 Å². The summed E-state index contributed by atoms with van der Waals surface area (Å²) < 4.78 is 10.7. The van der Waals surface area contributed by atoms with Crippen LogP contribution in [0.4, 0.5) is 0 Å². The lowest BCUT2D eigenvalue weighted by Crippen LogP contribution is -2.47. The van der Waals surface area contributed by atoms with Crippen molar-refractivity contribution < 1.29 is 14.3 Å². The molecule has 2 aliphatic rings. The van der Waals surface area contributed by atoms with Gasteiger partial charge in [0.25, 0.3) is 0 Å². The standard InChI is InChI=1S/C14H27N3O3/c1-19-13-3-2-11(15)10-12(13)14(18)16-4-5-17-6-8-20-9-7-17/h11-13H,2-10,15H2,1H3,(H,16,18). The minimum absolute atomic E-state index is 0.0122. The minimum atomic E-state index is -0.103. The van der Waals surface area contributed by atoms with Crippen molar-refractivity contribution in [3.8, 4) is 0 Å². The molecule has 1 heterocycles. The number of nitrogens with zero attached hydrogens (tertiary/aromatic N) is 1. The first-order chi connectivity index (χ1) is 9.70. The summed E-state index contributed by atoms with van der Waals surface area (Å²) in [5.41, 5.74) is 5.97. The summed E-state index contributed by atoms with van der Waals surface area (Å²) in [5.74, 6) is -0.0197. The molecule has 2 fully saturated rings. The number of nitrogens with one attached hydrogen (secondary N) is 1. The summed E-state index contributed by atoms with van der Waals surface area (Å²) >= 11 is 0. The first-order valence-electron chi connectivity index (χ1n) is 7.57. The molecule has 3 N–H and O–H groups in total. The lowest BCUT2D eigenvalue weighted by molar-refractivity contribution is -0.131. The third-order valence-corrected chi connectivity index (χ3v) is 4.30. The molecule has 0 spiro atoms. The Balaban J connectivity index is 1.72. The van der Waals surface area contributed by atoms with Crippen LogP contribution in [0.25, 0.3) is 0 Å². The zero-order valence-electron chi connectivity index (χ0n) is 12.3. The summed E-state index contributed by atoms with van der Waals surface area (Å²) in [4.78, 5) is 14.6. The first kappa shape index (κ1) is 15.7. The predicted octanol–water partition coefficient (Wildman–Crippen LogP) is -0.423. The third-order valence-electron chi connectivity index (χ3n) is 4.30. The van der Waals surface area contributed by atoms with Gasteiger partial charge in [0.1, 0.15) is 0 Å². The fraction of sp³-hybridized carbons (Fsp3) is 0.929. The Hall–Kier alpha value is -0.690. The fourth-order valence-electron chi connectivity index (χ4n) is 3.03. The summed E-state index contributed by atoms with van der Waals surface area (Å²) in [5, 5.41) is 3.03. The molecule has 1 aliphatic heterocycles. The molecule has 1 saturated carbocycles. The predicted molar refractivity (Wildman–Crippen MR) is 76.4 cm³/mol. The molecular weight excluding hydrogens is 258 g/mol. The quantitative estimate of drug-likeness (QED) is 0.717. The van der Waals surface area contributed by atoms with Crippen LogP contribution in [-0.2, 0) is 14.3 Å². The highest BCUT2D eigenvalue weighted by Crippen LogP contribution is 2.26. The zero-order valence-corrected chi connectivity index (χ0v) is 12.3. The van der Waals surface area contributed by atoms with Gasteiger partial charge in [0, 0.05) is 39.3 Å². The molecular formula is C14H27N3O3. The van der Waals surface area contributed by atoms with E-state index in [4.69, 9.17) is 15.2 Å². The molecule has 3 unspecified atom stereocenters. The minimum Gasteiger partial charge on any atom is -0.381 e. The van der Waals surface area contributed by atoms with Crippen LogP contribution in [0.5, 0.6) is 0 Å². The van der Waals surface area contributed by atoms with Gasteiger partial charge < -0.3 is 20.5 Å². The van der Waals surface area contributed by atoms with Crippen molar-refractivity contribution in [1.29, 1.82) is 0 Å². The normalized spacial score (nSPS) is 32.0. The van der Waals surface area contributed by atoms with Crippen molar-refractivity contribution in [3.05, 3.63) is 0 Å². The van der Waals surface area contributed by atoms with Gasteiger partial charge in [-0.1, -0.05) is 0 Å². The SMILES string of the molecule is COC1CCC(N)CC1C(=O)NCCN1CCOCC1. The van der Waals surface area contributed by atoms with E-state index in [1.54, 1.807) is 7.11 Å². The van der Waals surface area contributed by atoms with E-state index in [2.05, 4.69) is 10.2 Å². The highest BCUT2D eigenvalue weighted by Gasteiger charge is 2.34. The lowest BCUT2D eigenvalue weighted by atomic mass is 9.83. The van der Waals surface area contributed by atoms with Crippen molar-refractivity contribution in [2.45, 2.75) is 31.4 Å². The monoisotopic (exact) mass is 285 g/mol. The van der Waals surface area contributed by atoms with Gasteiger partial charge in [0.05, 0.1) is 25.2 Å². The van der Waals surface area contributed by atoms with Crippen molar-refractivity contribution in [2.75, 3.05) is 46.5 Å². The van der Waals surface area contributed by atoms with Crippen LogP contribution >= 0.6 is 0 Å². The Morgan fingerprint density at radius 2 is 2.15 bits per heavy atom. The van der Waals surface area contributed by atoms with E-state index < -0.39 is 0 Å². The number of methoxy groups -OCH3 is 1. The number of carbonyl (C=O) groups excluding carboxylic acids is 1. The van der Waals surface area contributed by atoms with Gasteiger partial charge in [0.2, 0.25) is 5.91 Å². The molecule has 1 amide bonds. The molecule has 3 atom stereocenters. The maximum Gasteiger partial charge on any atom is 0.225 e. The maximum atomic E-state index is 12.3. The van der Waals surface area contributed by atoms with Crippen LogP contribution in [0.1, 0.15) is 19.3 Å². The summed E-state index contributed by atoms with van der Waals surface area (Å²) in [7, 11) is 1.68. The average molecular weight is 285 g/mol. The third kappa shape index (κ3) is 4.41. The number of ether oxygens (including phenoxy) is 2. The van der Waals surface area contributed by atoms with Crippen LogP contribution in [0, 0.1) is 5.92 Å². The highest BCUT2D eigenvalue weighted by atomic mass is 16.5. The second kappa shape index (κ2) is 7.93. The van der Waals surface area contributed by atoms with Gasteiger partial charge in [-0.3, -0.25) is 9.69 Å². The maximum absolute atomic E-state index is 12.3. The number of morpholine rings is 1. The molecule has 20 heavy (non-hydrogen) atoms. The van der Waals surface area contributed by atoms with Crippen LogP contribution in [-0.4, -0.2) is 69.5 Å². The van der Waals surface area contributed by atoms with Crippen LogP contribution in [0.3, 0.4) is 0 Å². The number of rotatable bonds is 5. The highest BCUT2D eigenvalue weighted by molar-refractivity contribution is 5.79. The number of hydrogen-bond acceptors (Lipinski definition) is 5. The molecule has 2 rings (SSSR count). The Bertz CT molecular complexity index is 308. The van der Waals surface area contributed by atoms with Gasteiger partial charge in [0.15, 0.2) is 0 Å². The van der Waals surface area contributed by atoms with Crippen LogP contribution < -0.4 is 11.1 Å². The summed E-state index contributed by atoms with van der Waals surface area (Å²) in [6.07, 6.45) is 2.55. The van der Waals surface area contributed by atoms with E-state index in [1.807, 2.05) is 0 Å². The van der Waals surface area contributed by atoms with Crippen molar-refractivity contribution in [1.82, 2.24) is 10.2 Å². The summed E-state index contributed by atoms with van der Waals surface area (Å²) in [6.45, 7) is 5.04. The van der Waals surface area contributed by atoms with Crippen LogP contribution in [0.2, 0.25) is 0 Å². The number of hydrogen-bond donors (Lipinski definition) is 2. The topological polar surface area (TPSA) is 76.8 Å². The Kier molecular flexibility index (Phi) is 6.22. The van der Waals surface area contributed by atoms with E-state index in [1.165, 1.54) is 0 Å². The molecule has 1 saturated heterocycles. The molecule has 116 valence electrons. The molecule has 0 bridgehead atoms. The van der Waals surface area contributed by atoms with Crippen molar-refractivity contribution in [2.24, 2.45) is 11.7 Å². The largest absolute Gasteiger partial charge is 0.381 e. The molecule has 6 heteroatoms. The van der Waals surface area contributed by atoms with Crippen molar-refractivity contribution in [3.63, 3.8) is 0 Å². The van der Waals surface area contributed by atoms with Gasteiger partial charge in [-0.05, 0) is 19.3 Å². The van der Waals surface area contributed by atoms with E-state index >= 15 is 0 Å². The molecule has 0 aromatic rings. The Morgan fingerprint density at radius 1 is 1.40 bits per heavy atom. The van der Waals surface area contributed by atoms with Gasteiger partial charge in [-0.2, -0.15) is 0 Å². The Labute approximate surface area is 121 Å². The van der Waals surface area contributed by atoms with Crippen LogP contribution in [0.15, 0.2) is 0 Å². The average Bonchev–Trinajstić information content (AvgIpc) is 2.48. The molecule has 0 aromatic carbocycles. The molecule has 1 aliphatic carbocycles. The number of nitrogens with two attached hydrogens (primary N) is 1. The second-order valence-corrected chi connectivity index (χ2v) is 5.70. The molecule has 0 radical (unpaired) electrons. The van der Waals surface area contributed by atoms with Gasteiger partial charge >= 0.3 is 0 Å². The lowest BCUT2D eigenvalue weighted by Gasteiger charge is -2.33. The van der Waals surface area contributed by atoms with Gasteiger partial charge in [-0.15, -0.1) is 0 Å².